The summed E-state index contributed by atoms with van der Waals surface area (Å²) in [6, 6.07) is 15.1. The Labute approximate surface area is 153 Å². The first kappa shape index (κ1) is 19.3. The Balaban J connectivity index is 1.74. The minimum absolute atomic E-state index is 0.0408. The smallest absolute Gasteiger partial charge is 0.239 e. The molecule has 0 heterocycles. The quantitative estimate of drug-likeness (QED) is 0.721. The minimum atomic E-state index is -0.221. The Bertz CT molecular complexity index is 732. The fourth-order valence-electron chi connectivity index (χ4n) is 2.45. The highest BCUT2D eigenvalue weighted by Crippen LogP contribution is 2.24. The van der Waals surface area contributed by atoms with Crippen LogP contribution in [-0.2, 0) is 22.6 Å². The van der Waals surface area contributed by atoms with Crippen molar-refractivity contribution in [3.63, 3.8) is 0 Å². The van der Waals surface area contributed by atoms with Crippen LogP contribution in [0.25, 0.3) is 0 Å². The Morgan fingerprint density at radius 1 is 0.923 bits per heavy atom. The first-order valence-corrected chi connectivity index (χ1v) is 8.40. The van der Waals surface area contributed by atoms with Crippen LogP contribution in [0.5, 0.6) is 11.5 Å². The molecule has 26 heavy (non-hydrogen) atoms. The van der Waals surface area contributed by atoms with Gasteiger partial charge in [0.2, 0.25) is 11.8 Å². The number of carbonyl (C=O) groups excluding carboxylic acids is 2. The summed E-state index contributed by atoms with van der Waals surface area (Å²) < 4.78 is 10.5. The molecule has 6 nitrogen and oxygen atoms in total. The molecule has 0 bridgehead atoms. The summed E-state index contributed by atoms with van der Waals surface area (Å²) in [5, 5.41) is 5.40. The van der Waals surface area contributed by atoms with Gasteiger partial charge in [0.05, 0.1) is 20.8 Å². The second-order valence-corrected chi connectivity index (χ2v) is 5.72. The molecule has 0 fully saturated rings. The Morgan fingerprint density at radius 2 is 1.69 bits per heavy atom. The number of carbonyl (C=O) groups is 2. The van der Waals surface area contributed by atoms with Gasteiger partial charge in [-0.15, -0.1) is 0 Å². The van der Waals surface area contributed by atoms with E-state index in [0.29, 0.717) is 24.5 Å². The highest BCUT2D eigenvalue weighted by atomic mass is 16.5. The van der Waals surface area contributed by atoms with Gasteiger partial charge in [0.15, 0.2) is 0 Å². The number of aryl methyl sites for hydroxylation is 1. The first-order chi connectivity index (χ1) is 12.6. The van der Waals surface area contributed by atoms with Crippen LogP contribution in [0.4, 0.5) is 0 Å². The van der Waals surface area contributed by atoms with Crippen molar-refractivity contribution in [3.8, 4) is 11.5 Å². The van der Waals surface area contributed by atoms with Crippen molar-refractivity contribution in [1.82, 2.24) is 10.6 Å². The minimum Gasteiger partial charge on any atom is -0.497 e. The molecule has 0 aliphatic heterocycles. The highest BCUT2D eigenvalue weighted by Gasteiger charge is 2.09. The Kier molecular flexibility index (Phi) is 7.49. The van der Waals surface area contributed by atoms with E-state index in [2.05, 4.69) is 10.6 Å². The zero-order valence-electron chi connectivity index (χ0n) is 15.1. The van der Waals surface area contributed by atoms with Crippen molar-refractivity contribution in [2.75, 3.05) is 20.8 Å². The van der Waals surface area contributed by atoms with Gasteiger partial charge < -0.3 is 20.1 Å². The maximum atomic E-state index is 12.0. The van der Waals surface area contributed by atoms with Gasteiger partial charge in [-0.05, 0) is 35.7 Å². The highest BCUT2D eigenvalue weighted by molar-refractivity contribution is 5.84. The molecular weight excluding hydrogens is 332 g/mol. The number of nitrogens with one attached hydrogen (secondary N) is 2. The van der Waals surface area contributed by atoms with E-state index in [1.54, 1.807) is 20.3 Å². The van der Waals surface area contributed by atoms with E-state index in [1.807, 2.05) is 42.5 Å². The molecule has 0 radical (unpaired) electrons. The molecule has 2 N–H and O–H groups in total. The molecule has 0 saturated heterocycles. The van der Waals surface area contributed by atoms with Crippen LogP contribution in [0.15, 0.2) is 48.5 Å². The van der Waals surface area contributed by atoms with Crippen LogP contribution in [0.1, 0.15) is 17.5 Å². The van der Waals surface area contributed by atoms with Crippen molar-refractivity contribution in [3.05, 3.63) is 59.7 Å². The van der Waals surface area contributed by atoms with Gasteiger partial charge in [-0.1, -0.05) is 30.3 Å². The molecule has 0 saturated carbocycles. The number of methoxy groups -OCH3 is 2. The van der Waals surface area contributed by atoms with E-state index in [1.165, 1.54) is 0 Å². The van der Waals surface area contributed by atoms with E-state index in [9.17, 15) is 9.59 Å². The van der Waals surface area contributed by atoms with Crippen LogP contribution in [0, 0.1) is 0 Å². The summed E-state index contributed by atoms with van der Waals surface area (Å²) in [6.07, 6.45) is 0.757. The van der Waals surface area contributed by atoms with E-state index in [4.69, 9.17) is 9.47 Å². The number of benzene rings is 2. The lowest BCUT2D eigenvalue weighted by atomic mass is 10.1. The molecule has 138 valence electrons. The summed E-state index contributed by atoms with van der Waals surface area (Å²) in [7, 11) is 3.18. The lowest BCUT2D eigenvalue weighted by Gasteiger charge is -2.11. The maximum Gasteiger partial charge on any atom is 0.239 e. The molecule has 0 atom stereocenters. The van der Waals surface area contributed by atoms with Gasteiger partial charge in [0.25, 0.3) is 0 Å². The molecule has 2 aromatic rings. The number of rotatable bonds is 9. The van der Waals surface area contributed by atoms with Crippen LogP contribution >= 0.6 is 0 Å². The summed E-state index contributed by atoms with van der Waals surface area (Å²) in [6.45, 7) is 0.400. The number of ether oxygens (including phenoxy) is 2. The lowest BCUT2D eigenvalue weighted by molar-refractivity contribution is -0.126. The van der Waals surface area contributed by atoms with Crippen LogP contribution in [0.2, 0.25) is 0 Å². The molecule has 0 aliphatic rings. The zero-order chi connectivity index (χ0) is 18.8. The van der Waals surface area contributed by atoms with Gasteiger partial charge in [-0.2, -0.15) is 0 Å². The normalized spacial score (nSPS) is 10.1. The van der Waals surface area contributed by atoms with E-state index in [0.717, 1.165) is 11.1 Å². The topological polar surface area (TPSA) is 76.7 Å². The maximum absolute atomic E-state index is 12.0. The van der Waals surface area contributed by atoms with Crippen molar-refractivity contribution in [1.29, 1.82) is 0 Å². The van der Waals surface area contributed by atoms with Gasteiger partial charge >= 0.3 is 0 Å². The van der Waals surface area contributed by atoms with E-state index < -0.39 is 0 Å². The standard InChI is InChI=1S/C20H24N2O4/c1-25-17-9-10-18(26-2)16(12-17)8-11-19(23)22-14-20(24)21-13-15-6-4-3-5-7-15/h3-7,9-10,12H,8,11,13-14H2,1-2H3,(H,21,24)(H,22,23). The molecule has 0 unspecified atom stereocenters. The number of amides is 2. The average molecular weight is 356 g/mol. The van der Waals surface area contributed by atoms with Crippen LogP contribution in [-0.4, -0.2) is 32.6 Å². The number of hydrogen-bond acceptors (Lipinski definition) is 4. The Hall–Kier alpha value is -3.02. The van der Waals surface area contributed by atoms with Gasteiger partial charge in [0.1, 0.15) is 11.5 Å². The van der Waals surface area contributed by atoms with Gasteiger partial charge in [-0.25, -0.2) is 0 Å². The second kappa shape index (κ2) is 10.1. The fraction of sp³-hybridized carbons (Fsp3) is 0.300. The SMILES string of the molecule is COc1ccc(OC)c(CCC(=O)NCC(=O)NCc2ccccc2)c1. The van der Waals surface area contributed by atoms with E-state index in [-0.39, 0.29) is 24.8 Å². The summed E-state index contributed by atoms with van der Waals surface area (Å²) in [4.78, 5) is 23.8. The predicted molar refractivity (Wildman–Crippen MR) is 99.2 cm³/mol. The third-order valence-electron chi connectivity index (χ3n) is 3.89. The molecule has 0 spiro atoms. The molecule has 0 aromatic heterocycles. The third kappa shape index (κ3) is 6.12. The first-order valence-electron chi connectivity index (χ1n) is 8.40. The molecule has 2 rings (SSSR count). The Morgan fingerprint density at radius 3 is 2.38 bits per heavy atom. The zero-order valence-corrected chi connectivity index (χ0v) is 15.1. The van der Waals surface area contributed by atoms with Crippen molar-refractivity contribution in [2.24, 2.45) is 0 Å². The van der Waals surface area contributed by atoms with Crippen molar-refractivity contribution < 1.29 is 19.1 Å². The molecule has 2 amide bonds. The molecule has 2 aromatic carbocycles. The fourth-order valence-corrected chi connectivity index (χ4v) is 2.45. The molecular formula is C20H24N2O4. The largest absolute Gasteiger partial charge is 0.497 e. The predicted octanol–water partition coefficient (Wildman–Crippen LogP) is 2.07. The molecule has 0 aliphatic carbocycles. The summed E-state index contributed by atoms with van der Waals surface area (Å²) >= 11 is 0. The van der Waals surface area contributed by atoms with Crippen molar-refractivity contribution >= 4 is 11.8 Å². The summed E-state index contributed by atoms with van der Waals surface area (Å²) in [5.74, 6) is 1.01. The van der Waals surface area contributed by atoms with E-state index >= 15 is 0 Å². The monoisotopic (exact) mass is 356 g/mol. The molecule has 6 heteroatoms. The van der Waals surface area contributed by atoms with Gasteiger partial charge in [-0.3, -0.25) is 9.59 Å². The lowest BCUT2D eigenvalue weighted by Crippen LogP contribution is -2.36. The summed E-state index contributed by atoms with van der Waals surface area (Å²) in [5.41, 5.74) is 1.90. The second-order valence-electron chi connectivity index (χ2n) is 5.72. The van der Waals surface area contributed by atoms with Crippen molar-refractivity contribution in [2.45, 2.75) is 19.4 Å². The van der Waals surface area contributed by atoms with Crippen LogP contribution in [0.3, 0.4) is 0 Å². The third-order valence-corrected chi connectivity index (χ3v) is 3.89. The van der Waals surface area contributed by atoms with Gasteiger partial charge in [0, 0.05) is 13.0 Å². The number of hydrogen-bond donors (Lipinski definition) is 2. The average Bonchev–Trinajstić information content (AvgIpc) is 2.69. The van der Waals surface area contributed by atoms with Crippen LogP contribution < -0.4 is 20.1 Å².